The van der Waals surface area contributed by atoms with E-state index < -0.39 is 15.9 Å². The average Bonchev–Trinajstić information content (AvgIpc) is 2.63. The van der Waals surface area contributed by atoms with E-state index in [1.165, 1.54) is 26.1 Å². The van der Waals surface area contributed by atoms with Crippen LogP contribution in [0.25, 0.3) is 0 Å². The Bertz CT molecular complexity index is 914. The molecule has 0 saturated heterocycles. The average molecular weight is 395 g/mol. The number of carbonyl (C=O) groups is 2. The number of sulfonamides is 1. The molecule has 0 saturated carbocycles. The van der Waals surface area contributed by atoms with E-state index in [1.807, 2.05) is 0 Å². The van der Waals surface area contributed by atoms with Crippen molar-refractivity contribution in [3.63, 3.8) is 0 Å². The molecule has 6 nitrogen and oxygen atoms in total. The van der Waals surface area contributed by atoms with E-state index in [-0.39, 0.29) is 29.3 Å². The Labute approximate surface area is 157 Å². The highest BCUT2D eigenvalue weighted by Gasteiger charge is 2.20. The van der Waals surface area contributed by atoms with Crippen molar-refractivity contribution in [2.45, 2.75) is 6.92 Å². The topological polar surface area (TPSA) is 83.6 Å². The third-order valence-electron chi connectivity index (χ3n) is 3.74. The molecule has 138 valence electrons. The molecule has 0 bridgehead atoms. The SMILES string of the molecule is CCS(=O)(=O)N(C)CC(=O)Nc1ccc(Cl)cc1C(=O)c1ccccc1. The van der Waals surface area contributed by atoms with Gasteiger partial charge in [0, 0.05) is 23.2 Å². The van der Waals surface area contributed by atoms with Crippen LogP contribution >= 0.6 is 11.6 Å². The van der Waals surface area contributed by atoms with Crippen molar-refractivity contribution in [2.24, 2.45) is 0 Å². The van der Waals surface area contributed by atoms with Crippen LogP contribution in [-0.2, 0) is 14.8 Å². The summed E-state index contributed by atoms with van der Waals surface area (Å²) in [6.45, 7) is 1.15. The molecule has 0 spiro atoms. The van der Waals surface area contributed by atoms with Crippen LogP contribution in [0.4, 0.5) is 5.69 Å². The van der Waals surface area contributed by atoms with Crippen molar-refractivity contribution in [2.75, 3.05) is 24.7 Å². The molecule has 2 rings (SSSR count). The van der Waals surface area contributed by atoms with E-state index in [4.69, 9.17) is 11.6 Å². The summed E-state index contributed by atoms with van der Waals surface area (Å²) < 4.78 is 24.5. The summed E-state index contributed by atoms with van der Waals surface area (Å²) in [5, 5.41) is 2.95. The van der Waals surface area contributed by atoms with Crippen molar-refractivity contribution < 1.29 is 18.0 Å². The van der Waals surface area contributed by atoms with Gasteiger partial charge in [-0.25, -0.2) is 8.42 Å². The Hall–Kier alpha value is -2.22. The maximum Gasteiger partial charge on any atom is 0.239 e. The van der Waals surface area contributed by atoms with Crippen LogP contribution in [0.5, 0.6) is 0 Å². The van der Waals surface area contributed by atoms with Gasteiger partial charge in [0.1, 0.15) is 0 Å². The lowest BCUT2D eigenvalue weighted by molar-refractivity contribution is -0.116. The van der Waals surface area contributed by atoms with Crippen molar-refractivity contribution in [1.29, 1.82) is 0 Å². The number of anilines is 1. The van der Waals surface area contributed by atoms with E-state index in [2.05, 4.69) is 5.32 Å². The molecule has 0 fully saturated rings. The van der Waals surface area contributed by atoms with Gasteiger partial charge in [0.15, 0.2) is 5.78 Å². The molecule has 8 heteroatoms. The number of halogens is 1. The quantitative estimate of drug-likeness (QED) is 0.732. The Balaban J connectivity index is 2.25. The van der Waals surface area contributed by atoms with E-state index in [0.717, 1.165) is 4.31 Å². The van der Waals surface area contributed by atoms with E-state index >= 15 is 0 Å². The molecular weight excluding hydrogens is 376 g/mol. The zero-order valence-electron chi connectivity index (χ0n) is 14.4. The van der Waals surface area contributed by atoms with Crippen LogP contribution in [0.15, 0.2) is 48.5 Å². The molecule has 1 N–H and O–H groups in total. The number of hydrogen-bond donors (Lipinski definition) is 1. The second-order valence-corrected chi connectivity index (χ2v) is 8.39. The highest BCUT2D eigenvalue weighted by Crippen LogP contribution is 2.23. The zero-order valence-corrected chi connectivity index (χ0v) is 16.0. The lowest BCUT2D eigenvalue weighted by Gasteiger charge is -2.16. The Morgan fingerprint density at radius 2 is 1.77 bits per heavy atom. The van der Waals surface area contributed by atoms with Gasteiger partial charge in [-0.3, -0.25) is 9.59 Å². The third-order valence-corrected chi connectivity index (χ3v) is 5.79. The molecule has 0 aliphatic heterocycles. The second kappa shape index (κ2) is 8.44. The summed E-state index contributed by atoms with van der Waals surface area (Å²) in [5.41, 5.74) is 0.963. The molecule has 2 aromatic rings. The number of hydrogen-bond acceptors (Lipinski definition) is 4. The van der Waals surface area contributed by atoms with Crippen molar-refractivity contribution in [3.8, 4) is 0 Å². The maximum atomic E-state index is 12.7. The minimum Gasteiger partial charge on any atom is -0.324 e. The lowest BCUT2D eigenvalue weighted by atomic mass is 10.0. The predicted molar refractivity (Wildman–Crippen MR) is 102 cm³/mol. The monoisotopic (exact) mass is 394 g/mol. The third kappa shape index (κ3) is 4.91. The van der Waals surface area contributed by atoms with Gasteiger partial charge in [0.25, 0.3) is 0 Å². The number of likely N-dealkylation sites (N-methyl/N-ethyl adjacent to an activating group) is 1. The molecule has 0 atom stereocenters. The Morgan fingerprint density at radius 3 is 2.38 bits per heavy atom. The smallest absolute Gasteiger partial charge is 0.239 e. The summed E-state index contributed by atoms with van der Waals surface area (Å²) in [7, 11) is -2.15. The van der Waals surface area contributed by atoms with Crippen LogP contribution in [-0.4, -0.2) is 43.8 Å². The van der Waals surface area contributed by atoms with E-state index in [1.54, 1.807) is 36.4 Å². The largest absolute Gasteiger partial charge is 0.324 e. The summed E-state index contributed by atoms with van der Waals surface area (Å²) in [5.74, 6) is -0.943. The molecule has 0 aromatic heterocycles. The first kappa shape index (κ1) is 20.1. The van der Waals surface area contributed by atoms with Gasteiger partial charge >= 0.3 is 0 Å². The minimum absolute atomic E-state index is 0.102. The fourth-order valence-electron chi connectivity index (χ4n) is 2.27. The minimum atomic E-state index is -3.48. The van der Waals surface area contributed by atoms with Crippen molar-refractivity contribution >= 4 is 39.0 Å². The number of benzene rings is 2. The van der Waals surface area contributed by atoms with Crippen LogP contribution < -0.4 is 5.32 Å². The first-order valence-corrected chi connectivity index (χ1v) is 9.86. The molecule has 0 heterocycles. The normalized spacial score (nSPS) is 11.4. The molecule has 0 unspecified atom stereocenters. The number of carbonyl (C=O) groups excluding carboxylic acids is 2. The first-order chi connectivity index (χ1) is 12.2. The van der Waals surface area contributed by atoms with Gasteiger partial charge in [-0.2, -0.15) is 4.31 Å². The summed E-state index contributed by atoms with van der Waals surface area (Å²) in [4.78, 5) is 24.9. The van der Waals surface area contributed by atoms with Gasteiger partial charge < -0.3 is 5.32 Å². The van der Waals surface area contributed by atoms with Gasteiger partial charge in [0.2, 0.25) is 15.9 Å². The fourth-order valence-corrected chi connectivity index (χ4v) is 3.20. The molecule has 0 radical (unpaired) electrons. The molecule has 1 amide bonds. The molecule has 2 aromatic carbocycles. The second-order valence-electron chi connectivity index (χ2n) is 5.59. The fraction of sp³-hybridized carbons (Fsp3) is 0.222. The van der Waals surface area contributed by atoms with Crippen LogP contribution in [0, 0.1) is 0 Å². The molecular formula is C18H19ClN2O4S. The van der Waals surface area contributed by atoms with Gasteiger partial charge in [-0.1, -0.05) is 41.9 Å². The highest BCUT2D eigenvalue weighted by molar-refractivity contribution is 7.89. The molecule has 0 aliphatic carbocycles. The summed E-state index contributed by atoms with van der Waals surface area (Å²) in [6, 6.07) is 13.1. The van der Waals surface area contributed by atoms with Crippen molar-refractivity contribution in [1.82, 2.24) is 4.31 Å². The van der Waals surface area contributed by atoms with Crippen LogP contribution in [0.1, 0.15) is 22.8 Å². The zero-order chi connectivity index (χ0) is 19.3. The van der Waals surface area contributed by atoms with Crippen molar-refractivity contribution in [3.05, 3.63) is 64.7 Å². The van der Waals surface area contributed by atoms with E-state index in [0.29, 0.717) is 10.6 Å². The highest BCUT2D eigenvalue weighted by atomic mass is 35.5. The molecule has 26 heavy (non-hydrogen) atoms. The Kier molecular flexibility index (Phi) is 6.52. The van der Waals surface area contributed by atoms with Gasteiger partial charge in [0.05, 0.1) is 18.0 Å². The number of rotatable bonds is 7. The molecule has 0 aliphatic rings. The lowest BCUT2D eigenvalue weighted by Crippen LogP contribution is -2.36. The van der Waals surface area contributed by atoms with Gasteiger partial charge in [-0.15, -0.1) is 0 Å². The van der Waals surface area contributed by atoms with E-state index in [9.17, 15) is 18.0 Å². The predicted octanol–water partition coefficient (Wildman–Crippen LogP) is 2.79. The van der Waals surface area contributed by atoms with Crippen LogP contribution in [0.2, 0.25) is 5.02 Å². The first-order valence-electron chi connectivity index (χ1n) is 7.87. The van der Waals surface area contributed by atoms with Crippen LogP contribution in [0.3, 0.4) is 0 Å². The standard InChI is InChI=1S/C18H19ClN2O4S/c1-3-26(24,25)21(2)12-17(22)20-16-10-9-14(19)11-15(16)18(23)13-7-5-4-6-8-13/h4-11H,3,12H2,1-2H3,(H,20,22). The number of amides is 1. The maximum absolute atomic E-state index is 12.7. The van der Waals surface area contributed by atoms with Gasteiger partial charge in [-0.05, 0) is 25.1 Å². The number of ketones is 1. The summed E-state index contributed by atoms with van der Waals surface area (Å²) >= 11 is 6.00. The number of nitrogens with one attached hydrogen (secondary N) is 1. The Morgan fingerprint density at radius 1 is 1.12 bits per heavy atom. The number of nitrogens with zero attached hydrogens (tertiary/aromatic N) is 1. The summed E-state index contributed by atoms with van der Waals surface area (Å²) in [6.07, 6.45) is 0.